The van der Waals surface area contributed by atoms with Gasteiger partial charge in [0, 0.05) is 31.6 Å². The third-order valence-electron chi connectivity index (χ3n) is 10.2. The highest BCUT2D eigenvalue weighted by molar-refractivity contribution is 6.32. The first-order valence-corrected chi connectivity index (χ1v) is 17.3. The Hall–Kier alpha value is -2.97. The molecule has 0 unspecified atom stereocenters. The van der Waals surface area contributed by atoms with Crippen molar-refractivity contribution in [2.75, 3.05) is 19.7 Å². The van der Waals surface area contributed by atoms with Crippen LogP contribution in [0.25, 0.3) is 6.08 Å². The molecule has 3 N–H and O–H groups in total. The Kier molecular flexibility index (Phi) is 11.4. The molecule has 2 aliphatic heterocycles. The minimum atomic E-state index is -0.843. The van der Waals surface area contributed by atoms with Gasteiger partial charge in [-0.25, -0.2) is 0 Å². The van der Waals surface area contributed by atoms with Gasteiger partial charge in [0.15, 0.2) is 0 Å². The van der Waals surface area contributed by atoms with Gasteiger partial charge in [-0.15, -0.1) is 0 Å². The van der Waals surface area contributed by atoms with Gasteiger partial charge in [0.2, 0.25) is 11.8 Å². The van der Waals surface area contributed by atoms with Gasteiger partial charge < -0.3 is 15.3 Å². The van der Waals surface area contributed by atoms with Gasteiger partial charge in [-0.2, -0.15) is 0 Å². The maximum Gasteiger partial charge on any atom is 0.234 e. The lowest BCUT2D eigenvalue weighted by Crippen LogP contribution is -2.47. The Morgan fingerprint density at radius 3 is 2.39 bits per heavy atom. The molecule has 2 heterocycles. The second kappa shape index (κ2) is 15.3. The average Bonchev–Trinajstić information content (AvgIpc) is 3.29. The van der Waals surface area contributed by atoms with Crippen molar-refractivity contribution in [1.82, 2.24) is 9.80 Å². The third kappa shape index (κ3) is 7.44. The Balaban J connectivity index is 1.31. The average molecular weight is 649 g/mol. The zero-order valence-corrected chi connectivity index (χ0v) is 28.1. The number of amides is 2. The van der Waals surface area contributed by atoms with Crippen LogP contribution in [0.3, 0.4) is 0 Å². The van der Waals surface area contributed by atoms with Crippen molar-refractivity contribution in [2.45, 2.75) is 84.4 Å². The zero-order chi connectivity index (χ0) is 33.0. The number of likely N-dealkylation sites (tertiary alicyclic amines) is 2. The number of piperidine rings is 1. The normalized spacial score (nSPS) is 23.8. The number of hydrogen-bond donors (Lipinski definition) is 3. The summed E-state index contributed by atoms with van der Waals surface area (Å²) in [5, 5.41) is 32.7. The van der Waals surface area contributed by atoms with E-state index in [-0.39, 0.29) is 36.1 Å². The van der Waals surface area contributed by atoms with Crippen molar-refractivity contribution in [3.8, 4) is 5.75 Å². The number of halogens is 1. The second-order valence-corrected chi connectivity index (χ2v) is 14.0. The summed E-state index contributed by atoms with van der Waals surface area (Å²) >= 11 is 6.38. The number of phenols is 1. The minimum absolute atomic E-state index is 0.0688. The fraction of sp³-hybridized carbons (Fsp3) is 0.526. The highest BCUT2D eigenvalue weighted by Crippen LogP contribution is 2.49. The maximum absolute atomic E-state index is 14.1. The SMILES string of the molecule is CCC/C(=C\c1ccc(O)cc1Cl)CC[C@@H](O)C1=C(C(C)C)C[C@H]2C(=O)N(C3CCN(Cc4ccccc4)CC3)C(=O)[C@H]2[C@H]1CO. The summed E-state index contributed by atoms with van der Waals surface area (Å²) in [5.41, 5.74) is 4.95. The number of phenolic OH excluding ortho intramolecular Hbond substituents is 1. The van der Waals surface area contributed by atoms with E-state index in [9.17, 15) is 24.9 Å². The number of fused-ring (bicyclic) bond motifs is 1. The van der Waals surface area contributed by atoms with Gasteiger partial charge in [0.1, 0.15) is 5.75 Å². The van der Waals surface area contributed by atoms with Crippen molar-refractivity contribution in [1.29, 1.82) is 0 Å². The number of hydrogen-bond acceptors (Lipinski definition) is 6. The highest BCUT2D eigenvalue weighted by atomic mass is 35.5. The van der Waals surface area contributed by atoms with Gasteiger partial charge in [-0.1, -0.05) is 86.3 Å². The number of aliphatic hydroxyl groups excluding tert-OH is 2. The predicted octanol–water partition coefficient (Wildman–Crippen LogP) is 6.60. The van der Waals surface area contributed by atoms with Crippen LogP contribution in [0.15, 0.2) is 65.3 Å². The number of allylic oxidation sites excluding steroid dienone is 2. The lowest BCUT2D eigenvalue weighted by Gasteiger charge is -2.38. The number of nitrogens with zero attached hydrogens (tertiary/aromatic N) is 2. The van der Waals surface area contributed by atoms with Crippen LogP contribution in [0.4, 0.5) is 0 Å². The number of carbonyl (C=O) groups is 2. The molecule has 7 nitrogen and oxygen atoms in total. The van der Waals surface area contributed by atoms with Crippen LogP contribution in [0.1, 0.15) is 76.8 Å². The number of aliphatic hydroxyl groups is 2. The van der Waals surface area contributed by atoms with Gasteiger partial charge in [0.05, 0.1) is 29.6 Å². The van der Waals surface area contributed by atoms with E-state index >= 15 is 0 Å². The minimum Gasteiger partial charge on any atom is -0.508 e. The molecule has 248 valence electrons. The molecule has 2 amide bonds. The Morgan fingerprint density at radius 2 is 1.76 bits per heavy atom. The molecule has 0 spiro atoms. The molecule has 3 aliphatic rings. The van der Waals surface area contributed by atoms with E-state index in [1.807, 2.05) is 24.3 Å². The van der Waals surface area contributed by atoms with E-state index in [2.05, 4.69) is 37.8 Å². The first-order chi connectivity index (χ1) is 22.1. The zero-order valence-electron chi connectivity index (χ0n) is 27.4. The van der Waals surface area contributed by atoms with Crippen LogP contribution >= 0.6 is 11.6 Å². The Bertz CT molecular complexity index is 1450. The molecule has 46 heavy (non-hydrogen) atoms. The summed E-state index contributed by atoms with van der Waals surface area (Å²) in [6.07, 6.45) is 5.93. The molecule has 0 radical (unpaired) electrons. The van der Waals surface area contributed by atoms with Crippen molar-refractivity contribution < 1.29 is 24.9 Å². The van der Waals surface area contributed by atoms with Crippen LogP contribution in [0.5, 0.6) is 5.75 Å². The molecule has 0 aromatic heterocycles. The smallest absolute Gasteiger partial charge is 0.234 e. The standard InChI is InChI=1S/C38H49ClN2O5/c1-4-8-25(19-27-12-13-29(43)20-33(27)39)11-14-34(44)35-30(24(2)3)21-31-36(32(35)23-42)38(46)41(37(31)45)28-15-17-40(18-16-28)22-26-9-6-5-7-10-26/h5-7,9-10,12-13,19-20,24,28,31-32,34,36,42-44H,4,8,11,14-18,21-23H2,1-3H3/b25-19+/t31-,32+,34-,36-/m1/s1. The third-order valence-corrected chi connectivity index (χ3v) is 10.6. The first-order valence-electron chi connectivity index (χ1n) is 17.0. The number of benzene rings is 2. The number of carbonyl (C=O) groups excluding carboxylic acids is 2. The molecule has 0 bridgehead atoms. The Morgan fingerprint density at radius 1 is 1.04 bits per heavy atom. The molecule has 1 aliphatic carbocycles. The molecule has 0 saturated carbocycles. The summed E-state index contributed by atoms with van der Waals surface area (Å²) in [7, 11) is 0. The largest absolute Gasteiger partial charge is 0.508 e. The molecule has 8 heteroatoms. The lowest BCUT2D eigenvalue weighted by atomic mass is 9.66. The lowest BCUT2D eigenvalue weighted by molar-refractivity contribution is -0.144. The van der Waals surface area contributed by atoms with Crippen molar-refractivity contribution in [3.05, 3.63) is 81.4 Å². The molecular formula is C38H49ClN2O5. The summed E-state index contributed by atoms with van der Waals surface area (Å²) < 4.78 is 0. The number of aromatic hydroxyl groups is 1. The molecule has 2 saturated heterocycles. The quantitative estimate of drug-likeness (QED) is 0.177. The van der Waals surface area contributed by atoms with E-state index < -0.39 is 23.9 Å². The molecule has 2 fully saturated rings. The van der Waals surface area contributed by atoms with Crippen LogP contribution in [0, 0.1) is 23.7 Å². The van der Waals surface area contributed by atoms with Gasteiger partial charge in [-0.05, 0) is 79.3 Å². The van der Waals surface area contributed by atoms with E-state index in [4.69, 9.17) is 11.6 Å². The van der Waals surface area contributed by atoms with Gasteiger partial charge >= 0.3 is 0 Å². The van der Waals surface area contributed by atoms with Crippen LogP contribution in [-0.2, 0) is 16.1 Å². The molecule has 5 rings (SSSR count). The molecular weight excluding hydrogens is 600 g/mol. The van der Waals surface area contributed by atoms with Crippen molar-refractivity contribution in [2.24, 2.45) is 23.7 Å². The van der Waals surface area contributed by atoms with Gasteiger partial charge in [0.25, 0.3) is 0 Å². The fourth-order valence-corrected chi connectivity index (χ4v) is 8.16. The fourth-order valence-electron chi connectivity index (χ4n) is 7.93. The van der Waals surface area contributed by atoms with Crippen LogP contribution < -0.4 is 0 Å². The van der Waals surface area contributed by atoms with E-state index in [0.29, 0.717) is 24.3 Å². The van der Waals surface area contributed by atoms with Crippen molar-refractivity contribution >= 4 is 29.5 Å². The van der Waals surface area contributed by atoms with Crippen molar-refractivity contribution in [3.63, 3.8) is 0 Å². The van der Waals surface area contributed by atoms with Gasteiger partial charge in [-0.3, -0.25) is 19.4 Å². The summed E-state index contributed by atoms with van der Waals surface area (Å²) in [6, 6.07) is 15.1. The van der Waals surface area contributed by atoms with E-state index in [0.717, 1.165) is 67.6 Å². The highest BCUT2D eigenvalue weighted by Gasteiger charge is 2.56. The molecule has 2 aromatic carbocycles. The summed E-state index contributed by atoms with van der Waals surface area (Å²) in [5.74, 6) is -1.84. The maximum atomic E-state index is 14.1. The topological polar surface area (TPSA) is 101 Å². The van der Waals surface area contributed by atoms with Crippen LogP contribution in [0.2, 0.25) is 5.02 Å². The summed E-state index contributed by atoms with van der Waals surface area (Å²) in [4.78, 5) is 31.9. The molecule has 4 atom stereocenters. The Labute approximate surface area is 278 Å². The van der Waals surface area contributed by atoms with E-state index in [1.165, 1.54) is 16.5 Å². The first kappa shape index (κ1) is 34.4. The monoisotopic (exact) mass is 648 g/mol. The van der Waals surface area contributed by atoms with Crippen LogP contribution in [-0.4, -0.2) is 68.8 Å². The number of imide groups is 1. The van der Waals surface area contributed by atoms with E-state index in [1.54, 1.807) is 12.1 Å². The molecule has 2 aromatic rings. The predicted molar refractivity (Wildman–Crippen MR) is 182 cm³/mol. The number of rotatable bonds is 12. The second-order valence-electron chi connectivity index (χ2n) is 13.6. The summed E-state index contributed by atoms with van der Waals surface area (Å²) in [6.45, 7) is 8.43.